The Kier molecular flexibility index (Phi) is 7.91. The van der Waals surface area contributed by atoms with Crippen LogP contribution in [0.15, 0.2) is 0 Å². The Morgan fingerprint density at radius 1 is 0.588 bits per heavy atom. The van der Waals surface area contributed by atoms with E-state index in [4.69, 9.17) is 4.74 Å². The molecule has 0 aliphatic heterocycles. The Balaban J connectivity index is 4.10. The summed E-state index contributed by atoms with van der Waals surface area (Å²) < 4.78 is 5.84. The number of ether oxygens (including phenoxy) is 1. The van der Waals surface area contributed by atoms with Crippen LogP contribution in [0.3, 0.4) is 0 Å². The normalized spacial score (nSPS) is 13.1. The first-order valence-corrected chi connectivity index (χ1v) is 6.00. The van der Waals surface area contributed by atoms with Crippen molar-refractivity contribution in [3.05, 3.63) is 0 Å². The lowest BCUT2D eigenvalue weighted by molar-refractivity contribution is -0.0268. The fourth-order valence-electron chi connectivity index (χ4n) is 1.80. The molecule has 0 bridgehead atoms. The van der Waals surface area contributed by atoms with Gasteiger partial charge in [-0.25, -0.2) is 0 Å². The van der Waals surface area contributed by atoms with Crippen LogP contribution >= 0.6 is 0 Å². The Morgan fingerprint density at radius 3 is 1.00 bits per heavy atom. The number of nitrogens with zero attached hydrogens (tertiary/aromatic N) is 4. The lowest BCUT2D eigenvalue weighted by Gasteiger charge is -2.33. The molecule has 17 heavy (non-hydrogen) atoms. The second kappa shape index (κ2) is 8.00. The van der Waals surface area contributed by atoms with E-state index in [1.54, 1.807) is 0 Å². The van der Waals surface area contributed by atoms with Gasteiger partial charge in [-0.3, -0.25) is 19.6 Å². The van der Waals surface area contributed by atoms with Crippen molar-refractivity contribution in [2.24, 2.45) is 0 Å². The monoisotopic (exact) mass is 246 g/mol. The average molecular weight is 246 g/mol. The molecule has 0 aromatic carbocycles. The minimum atomic E-state index is 0.319. The summed E-state index contributed by atoms with van der Waals surface area (Å²) in [6, 6.07) is 0. The summed E-state index contributed by atoms with van der Waals surface area (Å²) in [4.78, 5) is 8.67. The number of rotatable bonds is 8. The summed E-state index contributed by atoms with van der Waals surface area (Å²) in [6.07, 6.45) is 0.639. The van der Waals surface area contributed by atoms with Crippen LogP contribution in [-0.4, -0.2) is 102 Å². The molecule has 5 heteroatoms. The van der Waals surface area contributed by atoms with E-state index in [-0.39, 0.29) is 0 Å². The fraction of sp³-hybridized carbons (Fsp3) is 1.00. The van der Waals surface area contributed by atoms with Crippen LogP contribution in [0.5, 0.6) is 0 Å². The molecule has 0 saturated carbocycles. The van der Waals surface area contributed by atoms with Crippen molar-refractivity contribution in [1.82, 2.24) is 19.6 Å². The number of likely N-dealkylation sites (N-methyl/N-ethyl adjacent to an activating group) is 4. The van der Waals surface area contributed by atoms with Gasteiger partial charge in [0.2, 0.25) is 0 Å². The summed E-state index contributed by atoms with van der Waals surface area (Å²) >= 11 is 0. The highest BCUT2D eigenvalue weighted by atomic mass is 16.5. The molecule has 0 aromatic heterocycles. The quantitative estimate of drug-likeness (QED) is 0.556. The summed E-state index contributed by atoms with van der Waals surface area (Å²) in [5.41, 5.74) is 0. The first kappa shape index (κ1) is 16.8. The highest BCUT2D eigenvalue weighted by molar-refractivity contribution is 4.65. The van der Waals surface area contributed by atoms with Crippen molar-refractivity contribution in [2.45, 2.75) is 12.3 Å². The summed E-state index contributed by atoms with van der Waals surface area (Å²) in [5, 5.41) is 0. The Labute approximate surface area is 107 Å². The summed E-state index contributed by atoms with van der Waals surface area (Å²) in [7, 11) is 16.6. The lowest BCUT2D eigenvalue weighted by Crippen LogP contribution is -2.47. The molecule has 0 amide bonds. The van der Waals surface area contributed by atoms with Gasteiger partial charge in [0, 0.05) is 0 Å². The molecule has 0 aromatic rings. The molecule has 0 aliphatic carbocycles. The fourth-order valence-corrected chi connectivity index (χ4v) is 1.80. The van der Waals surface area contributed by atoms with E-state index in [1.165, 1.54) is 0 Å². The van der Waals surface area contributed by atoms with Crippen LogP contribution in [0.4, 0.5) is 0 Å². The van der Waals surface area contributed by atoms with E-state index in [9.17, 15) is 0 Å². The molecule has 0 atom stereocenters. The Hall–Kier alpha value is -0.200. The minimum absolute atomic E-state index is 0.319. The number of hydrogen-bond acceptors (Lipinski definition) is 5. The van der Waals surface area contributed by atoms with Crippen LogP contribution < -0.4 is 0 Å². The van der Waals surface area contributed by atoms with Crippen molar-refractivity contribution in [1.29, 1.82) is 0 Å². The van der Waals surface area contributed by atoms with E-state index < -0.39 is 0 Å². The largest absolute Gasteiger partial charge is 0.375 e. The highest BCUT2D eigenvalue weighted by Gasteiger charge is 2.17. The molecule has 0 aliphatic rings. The van der Waals surface area contributed by atoms with Gasteiger partial charge in [0.1, 0.15) is 0 Å². The van der Waals surface area contributed by atoms with Gasteiger partial charge in [-0.05, 0) is 56.4 Å². The molecular formula is C12H30N4O. The van der Waals surface area contributed by atoms with Gasteiger partial charge in [-0.2, -0.15) is 0 Å². The molecule has 0 radical (unpaired) electrons. The second-order valence-corrected chi connectivity index (χ2v) is 5.35. The molecular weight excluding hydrogens is 216 g/mol. The highest BCUT2D eigenvalue weighted by Crippen LogP contribution is 2.02. The van der Waals surface area contributed by atoms with Crippen molar-refractivity contribution < 1.29 is 4.74 Å². The third-order valence-corrected chi connectivity index (χ3v) is 2.92. The van der Waals surface area contributed by atoms with E-state index in [2.05, 4.69) is 76.0 Å². The minimum Gasteiger partial charge on any atom is -0.375 e. The molecule has 0 spiro atoms. The van der Waals surface area contributed by atoms with E-state index in [1.807, 2.05) is 0 Å². The maximum Gasteiger partial charge on any atom is 0.0853 e. The Bertz CT molecular complexity index is 159. The molecule has 0 N–H and O–H groups in total. The van der Waals surface area contributed by atoms with Crippen molar-refractivity contribution in [3.63, 3.8) is 0 Å². The van der Waals surface area contributed by atoms with Crippen molar-refractivity contribution in [2.75, 3.05) is 69.6 Å². The van der Waals surface area contributed by atoms with Crippen LogP contribution in [-0.2, 0) is 4.74 Å². The Morgan fingerprint density at radius 2 is 0.824 bits per heavy atom. The van der Waals surface area contributed by atoms with Gasteiger partial charge in [0.05, 0.1) is 25.5 Å². The third kappa shape index (κ3) is 6.33. The molecule has 5 nitrogen and oxygen atoms in total. The van der Waals surface area contributed by atoms with Gasteiger partial charge in [0.25, 0.3) is 0 Å². The zero-order valence-electron chi connectivity index (χ0n) is 12.8. The van der Waals surface area contributed by atoms with Crippen LogP contribution in [0.25, 0.3) is 0 Å². The third-order valence-electron chi connectivity index (χ3n) is 2.92. The van der Waals surface area contributed by atoms with Gasteiger partial charge in [0.15, 0.2) is 0 Å². The first-order valence-electron chi connectivity index (χ1n) is 6.00. The molecule has 104 valence electrons. The summed E-state index contributed by atoms with van der Waals surface area (Å²) in [5.74, 6) is 0. The van der Waals surface area contributed by atoms with Crippen molar-refractivity contribution >= 4 is 0 Å². The van der Waals surface area contributed by atoms with Gasteiger partial charge in [-0.1, -0.05) is 0 Å². The standard InChI is InChI=1S/C12H30N4O/c1-13(2)11(14(3)4)9-17-10-12(15(5)6)16(7)8/h11-12H,9-10H2,1-8H3. The predicted octanol–water partition coefficient (Wildman–Crippen LogP) is -0.0984. The van der Waals surface area contributed by atoms with E-state index >= 15 is 0 Å². The van der Waals surface area contributed by atoms with Gasteiger partial charge < -0.3 is 4.74 Å². The average Bonchev–Trinajstić information content (AvgIpc) is 2.14. The molecule has 0 saturated heterocycles. The van der Waals surface area contributed by atoms with Crippen LogP contribution in [0.1, 0.15) is 0 Å². The summed E-state index contributed by atoms with van der Waals surface area (Å²) in [6.45, 7) is 1.44. The van der Waals surface area contributed by atoms with Crippen LogP contribution in [0, 0.1) is 0 Å². The van der Waals surface area contributed by atoms with E-state index in [0.29, 0.717) is 12.3 Å². The lowest BCUT2D eigenvalue weighted by atomic mass is 10.4. The molecule has 0 fully saturated rings. The molecule has 0 rings (SSSR count). The first-order chi connectivity index (χ1) is 7.77. The molecule has 0 unspecified atom stereocenters. The zero-order valence-corrected chi connectivity index (χ0v) is 12.8. The maximum atomic E-state index is 5.84. The number of hydrogen-bond donors (Lipinski definition) is 0. The smallest absolute Gasteiger partial charge is 0.0853 e. The van der Waals surface area contributed by atoms with Gasteiger partial charge >= 0.3 is 0 Å². The van der Waals surface area contributed by atoms with Crippen molar-refractivity contribution in [3.8, 4) is 0 Å². The predicted molar refractivity (Wildman–Crippen MR) is 73.1 cm³/mol. The molecule has 0 heterocycles. The van der Waals surface area contributed by atoms with Gasteiger partial charge in [-0.15, -0.1) is 0 Å². The maximum absolute atomic E-state index is 5.84. The topological polar surface area (TPSA) is 22.2 Å². The van der Waals surface area contributed by atoms with Crippen LogP contribution in [0.2, 0.25) is 0 Å². The second-order valence-electron chi connectivity index (χ2n) is 5.35. The van der Waals surface area contributed by atoms with E-state index in [0.717, 1.165) is 13.2 Å². The SMILES string of the molecule is CN(C)C(COCC(N(C)C)N(C)C)N(C)C. The zero-order chi connectivity index (χ0) is 13.6.